The van der Waals surface area contributed by atoms with Crippen LogP contribution in [0.4, 0.5) is 4.39 Å². The standard InChI is InChI=1S/C19H11FN2O4S2/c1-25-18(24)10-2-9(3-12(20)4-10)14-8-21-7-11-5-13(26-16(11)14)6-15-17(23)22-19(27)28-15/h2-8H,1H3,(H,22,23,27)/b15-6-. The largest absolute Gasteiger partial charge is 0.465 e. The van der Waals surface area contributed by atoms with Gasteiger partial charge in [-0.3, -0.25) is 9.78 Å². The number of hydrogen-bond acceptors (Lipinski definition) is 7. The summed E-state index contributed by atoms with van der Waals surface area (Å²) in [7, 11) is 1.23. The van der Waals surface area contributed by atoms with Crippen LogP contribution in [-0.4, -0.2) is 28.3 Å². The van der Waals surface area contributed by atoms with Gasteiger partial charge in [0.05, 0.1) is 17.6 Å². The lowest BCUT2D eigenvalue weighted by Gasteiger charge is -2.05. The minimum Gasteiger partial charge on any atom is -0.465 e. The van der Waals surface area contributed by atoms with E-state index in [1.165, 1.54) is 25.4 Å². The van der Waals surface area contributed by atoms with E-state index >= 15 is 0 Å². The van der Waals surface area contributed by atoms with Gasteiger partial charge in [-0.2, -0.15) is 0 Å². The second-order valence-corrected chi connectivity index (χ2v) is 7.55. The maximum absolute atomic E-state index is 14.0. The maximum Gasteiger partial charge on any atom is 0.337 e. The van der Waals surface area contributed by atoms with Crippen molar-refractivity contribution in [3.63, 3.8) is 0 Å². The van der Waals surface area contributed by atoms with Crippen molar-refractivity contribution in [1.29, 1.82) is 0 Å². The van der Waals surface area contributed by atoms with E-state index in [0.29, 0.717) is 37.1 Å². The number of furan rings is 1. The summed E-state index contributed by atoms with van der Waals surface area (Å²) in [5.74, 6) is -1.10. The number of nitrogens with one attached hydrogen (secondary N) is 1. The Labute approximate surface area is 167 Å². The van der Waals surface area contributed by atoms with Gasteiger partial charge in [0.15, 0.2) is 0 Å². The average molecular weight is 414 g/mol. The van der Waals surface area contributed by atoms with Crippen LogP contribution in [0, 0.1) is 5.82 Å². The number of halogens is 1. The Morgan fingerprint density at radius 3 is 2.86 bits per heavy atom. The molecule has 1 amide bonds. The molecule has 1 aliphatic rings. The number of hydrogen-bond donors (Lipinski definition) is 1. The number of thioether (sulfide) groups is 1. The molecule has 0 aliphatic carbocycles. The highest BCUT2D eigenvalue weighted by atomic mass is 32.2. The Balaban J connectivity index is 1.81. The van der Waals surface area contributed by atoms with Crippen LogP contribution in [0.15, 0.2) is 46.0 Å². The van der Waals surface area contributed by atoms with Gasteiger partial charge in [-0.15, -0.1) is 0 Å². The first-order chi connectivity index (χ1) is 13.4. The molecule has 4 rings (SSSR count). The van der Waals surface area contributed by atoms with Crippen molar-refractivity contribution in [3.05, 3.63) is 58.7 Å². The van der Waals surface area contributed by atoms with Gasteiger partial charge in [0.1, 0.15) is 21.5 Å². The van der Waals surface area contributed by atoms with Crippen LogP contribution in [0.3, 0.4) is 0 Å². The monoisotopic (exact) mass is 414 g/mol. The van der Waals surface area contributed by atoms with Crippen LogP contribution in [0.2, 0.25) is 0 Å². The molecular weight excluding hydrogens is 403 g/mol. The van der Waals surface area contributed by atoms with Gasteiger partial charge in [0, 0.05) is 29.4 Å². The minimum atomic E-state index is -0.647. The molecule has 1 saturated heterocycles. The van der Waals surface area contributed by atoms with Gasteiger partial charge < -0.3 is 14.5 Å². The zero-order chi connectivity index (χ0) is 19.8. The number of rotatable bonds is 3. The summed E-state index contributed by atoms with van der Waals surface area (Å²) in [6.07, 6.45) is 4.69. The van der Waals surface area contributed by atoms with Crippen LogP contribution in [0.5, 0.6) is 0 Å². The normalized spacial score (nSPS) is 15.3. The molecule has 6 nitrogen and oxygen atoms in total. The van der Waals surface area contributed by atoms with Crippen LogP contribution < -0.4 is 5.32 Å². The van der Waals surface area contributed by atoms with Crippen LogP contribution >= 0.6 is 24.0 Å². The Hall–Kier alpha value is -3.04. The predicted molar refractivity (Wildman–Crippen MR) is 107 cm³/mol. The number of aromatic nitrogens is 1. The molecule has 2 aromatic heterocycles. The number of nitrogens with zero attached hydrogens (tertiary/aromatic N) is 1. The van der Waals surface area contributed by atoms with Crippen molar-refractivity contribution in [3.8, 4) is 11.1 Å². The fourth-order valence-electron chi connectivity index (χ4n) is 2.79. The summed E-state index contributed by atoms with van der Waals surface area (Å²) >= 11 is 6.11. The molecule has 1 fully saturated rings. The molecular formula is C19H11FN2O4S2. The molecule has 3 aromatic rings. The van der Waals surface area contributed by atoms with Gasteiger partial charge in [0.25, 0.3) is 5.91 Å². The molecule has 1 aliphatic heterocycles. The Morgan fingerprint density at radius 1 is 1.32 bits per heavy atom. The molecule has 140 valence electrons. The van der Waals surface area contributed by atoms with Crippen molar-refractivity contribution in [1.82, 2.24) is 10.3 Å². The number of benzene rings is 1. The molecule has 0 radical (unpaired) electrons. The Kier molecular flexibility index (Phi) is 4.70. The molecule has 0 unspecified atom stereocenters. The summed E-state index contributed by atoms with van der Waals surface area (Å²) < 4.78 is 25.0. The zero-order valence-corrected chi connectivity index (χ0v) is 15.9. The predicted octanol–water partition coefficient (Wildman–Crippen LogP) is 3.91. The number of methoxy groups -OCH3 is 1. The number of fused-ring (bicyclic) bond motifs is 1. The maximum atomic E-state index is 14.0. The second kappa shape index (κ2) is 7.17. The molecule has 3 heterocycles. The highest BCUT2D eigenvalue weighted by Crippen LogP contribution is 2.33. The molecule has 0 spiro atoms. The topological polar surface area (TPSA) is 81.4 Å². The summed E-state index contributed by atoms with van der Waals surface area (Å²) in [5.41, 5.74) is 1.46. The summed E-state index contributed by atoms with van der Waals surface area (Å²) in [5, 5.41) is 3.20. The first-order valence-corrected chi connectivity index (χ1v) is 9.19. The number of carbonyl (C=O) groups excluding carboxylic acids is 2. The highest BCUT2D eigenvalue weighted by Gasteiger charge is 2.23. The van der Waals surface area contributed by atoms with Crippen molar-refractivity contribution < 1.29 is 23.1 Å². The lowest BCUT2D eigenvalue weighted by Crippen LogP contribution is -2.17. The van der Waals surface area contributed by atoms with Gasteiger partial charge >= 0.3 is 5.97 Å². The van der Waals surface area contributed by atoms with E-state index in [9.17, 15) is 14.0 Å². The van der Waals surface area contributed by atoms with E-state index in [1.54, 1.807) is 18.3 Å². The summed E-state index contributed by atoms with van der Waals surface area (Å²) in [6, 6.07) is 5.60. The van der Waals surface area contributed by atoms with Crippen molar-refractivity contribution in [2.24, 2.45) is 0 Å². The molecule has 9 heteroatoms. The van der Waals surface area contributed by atoms with Gasteiger partial charge in [0.2, 0.25) is 0 Å². The molecule has 1 N–H and O–H groups in total. The fraction of sp³-hybridized carbons (Fsp3) is 0.0526. The molecule has 0 bridgehead atoms. The second-order valence-electron chi connectivity index (χ2n) is 5.83. The van der Waals surface area contributed by atoms with E-state index in [2.05, 4.69) is 15.0 Å². The summed E-state index contributed by atoms with van der Waals surface area (Å²) in [4.78, 5) is 28.2. The molecule has 0 saturated carbocycles. The number of carbonyl (C=O) groups is 2. The van der Waals surface area contributed by atoms with Crippen LogP contribution in [0.1, 0.15) is 16.1 Å². The number of thiocarbonyl (C=S) groups is 1. The third-order valence-electron chi connectivity index (χ3n) is 3.99. The fourth-order valence-corrected chi connectivity index (χ4v) is 3.81. The lowest BCUT2D eigenvalue weighted by molar-refractivity contribution is -0.115. The van der Waals surface area contributed by atoms with Crippen molar-refractivity contribution >= 4 is 57.2 Å². The number of esters is 1. The third kappa shape index (κ3) is 3.41. The van der Waals surface area contributed by atoms with Gasteiger partial charge in [-0.1, -0.05) is 24.0 Å². The summed E-state index contributed by atoms with van der Waals surface area (Å²) in [6.45, 7) is 0. The SMILES string of the molecule is COC(=O)c1cc(F)cc(-c2cncc3cc(/C=C4\SC(=S)NC4=O)oc23)c1. The number of pyridine rings is 1. The Morgan fingerprint density at radius 2 is 2.14 bits per heavy atom. The quantitative estimate of drug-likeness (QED) is 0.395. The van der Waals surface area contributed by atoms with E-state index in [-0.39, 0.29) is 11.5 Å². The highest BCUT2D eigenvalue weighted by molar-refractivity contribution is 8.26. The van der Waals surface area contributed by atoms with Gasteiger partial charge in [-0.25, -0.2) is 9.18 Å². The molecule has 0 atom stereocenters. The minimum absolute atomic E-state index is 0.0796. The molecule has 28 heavy (non-hydrogen) atoms. The smallest absolute Gasteiger partial charge is 0.337 e. The average Bonchev–Trinajstić information content (AvgIpc) is 3.22. The van der Waals surface area contributed by atoms with E-state index in [1.807, 2.05) is 0 Å². The van der Waals surface area contributed by atoms with E-state index < -0.39 is 11.8 Å². The van der Waals surface area contributed by atoms with E-state index in [4.69, 9.17) is 16.6 Å². The van der Waals surface area contributed by atoms with Crippen molar-refractivity contribution in [2.75, 3.05) is 7.11 Å². The van der Waals surface area contributed by atoms with Crippen molar-refractivity contribution in [2.45, 2.75) is 0 Å². The van der Waals surface area contributed by atoms with Gasteiger partial charge in [-0.05, 0) is 29.8 Å². The lowest BCUT2D eigenvalue weighted by atomic mass is 10.0. The third-order valence-corrected chi connectivity index (χ3v) is 5.15. The Bertz CT molecular complexity index is 1190. The molecule has 1 aromatic carbocycles. The van der Waals surface area contributed by atoms with Crippen LogP contribution in [0.25, 0.3) is 28.2 Å². The first kappa shape index (κ1) is 18.3. The van der Waals surface area contributed by atoms with Crippen LogP contribution in [-0.2, 0) is 9.53 Å². The van der Waals surface area contributed by atoms with E-state index in [0.717, 1.165) is 17.8 Å². The number of amides is 1. The first-order valence-electron chi connectivity index (χ1n) is 7.96. The number of ether oxygens (including phenoxy) is 1. The zero-order valence-electron chi connectivity index (χ0n) is 14.3.